The molecule has 3 fully saturated rings. The molecule has 0 bridgehead atoms. The van der Waals surface area contributed by atoms with Crippen LogP contribution in [0.15, 0.2) is 11.6 Å². The molecule has 3 saturated carbocycles. The second-order valence-corrected chi connectivity index (χ2v) is 10.5. The first-order chi connectivity index (χ1) is 13.4. The molecule has 1 N–H and O–H groups in total. The van der Waals surface area contributed by atoms with Gasteiger partial charge in [-0.05, 0) is 43.6 Å². The van der Waals surface area contributed by atoms with E-state index >= 15 is 4.39 Å². The topological polar surface area (TPSA) is 71.4 Å². The monoisotopic (exact) mass is 408 g/mol. The molecular formula is C23H30F2O4. The predicted octanol–water partition coefficient (Wildman–Crippen LogP) is 3.55. The van der Waals surface area contributed by atoms with Crippen LogP contribution >= 0.6 is 0 Å². The third kappa shape index (κ3) is 2.24. The number of carbonyl (C=O) groups excluding carboxylic acids is 3. The van der Waals surface area contributed by atoms with Crippen LogP contribution in [-0.2, 0) is 14.4 Å². The van der Waals surface area contributed by atoms with Crippen molar-refractivity contribution in [3.63, 3.8) is 0 Å². The van der Waals surface area contributed by atoms with Gasteiger partial charge in [-0.15, -0.1) is 0 Å². The van der Waals surface area contributed by atoms with Gasteiger partial charge in [-0.1, -0.05) is 33.3 Å². The molecule has 0 aliphatic heterocycles. The second-order valence-electron chi connectivity index (χ2n) is 10.5. The summed E-state index contributed by atoms with van der Waals surface area (Å²) in [5.74, 6) is -3.04. The van der Waals surface area contributed by atoms with Crippen LogP contribution in [0.1, 0.15) is 59.8 Å². The largest absolute Gasteiger partial charge is 0.381 e. The first-order valence-electron chi connectivity index (χ1n) is 10.7. The first-order valence-corrected chi connectivity index (χ1v) is 10.7. The van der Waals surface area contributed by atoms with Gasteiger partial charge in [-0.2, -0.15) is 0 Å². The lowest BCUT2D eigenvalue weighted by atomic mass is 9.42. The van der Waals surface area contributed by atoms with Gasteiger partial charge >= 0.3 is 0 Å². The van der Waals surface area contributed by atoms with E-state index in [2.05, 4.69) is 0 Å². The van der Waals surface area contributed by atoms with Gasteiger partial charge in [0.2, 0.25) is 0 Å². The van der Waals surface area contributed by atoms with Gasteiger partial charge < -0.3 is 5.11 Å². The minimum absolute atomic E-state index is 0.0248. The second kappa shape index (κ2) is 6.05. The molecule has 8 atom stereocenters. The molecule has 29 heavy (non-hydrogen) atoms. The zero-order chi connectivity index (χ0) is 21.6. The number of carbonyl (C=O) groups is 3. The molecule has 4 aliphatic rings. The maximum absolute atomic E-state index is 17.0. The van der Waals surface area contributed by atoms with Gasteiger partial charge in [0, 0.05) is 29.1 Å². The van der Waals surface area contributed by atoms with Crippen LogP contribution in [0.4, 0.5) is 8.78 Å². The van der Waals surface area contributed by atoms with Crippen LogP contribution in [0.5, 0.6) is 0 Å². The molecule has 0 amide bonds. The molecule has 1 unspecified atom stereocenters. The maximum atomic E-state index is 17.0. The van der Waals surface area contributed by atoms with Crippen LogP contribution in [0.25, 0.3) is 0 Å². The zero-order valence-corrected chi connectivity index (χ0v) is 17.6. The number of rotatable bonds is 2. The van der Waals surface area contributed by atoms with Crippen LogP contribution < -0.4 is 0 Å². The lowest BCUT2D eigenvalue weighted by molar-refractivity contribution is -0.192. The summed E-state index contributed by atoms with van der Waals surface area (Å²) in [5.41, 5.74) is -5.61. The van der Waals surface area contributed by atoms with Crippen LogP contribution in [0.3, 0.4) is 0 Å². The van der Waals surface area contributed by atoms with E-state index in [9.17, 15) is 23.9 Å². The Morgan fingerprint density at radius 1 is 1.21 bits per heavy atom. The van der Waals surface area contributed by atoms with Crippen molar-refractivity contribution >= 4 is 17.3 Å². The predicted molar refractivity (Wildman–Crippen MR) is 102 cm³/mol. The summed E-state index contributed by atoms with van der Waals surface area (Å²) in [7, 11) is 0. The summed E-state index contributed by atoms with van der Waals surface area (Å²) in [6.07, 6.45) is 2.36. The quantitative estimate of drug-likeness (QED) is 0.759. The number of halogens is 2. The lowest BCUT2D eigenvalue weighted by Crippen LogP contribution is -2.69. The number of Topliss-reactive ketones (excluding diaryl/α,β-unsaturated/α-hetero) is 2. The number of fused-ring (bicyclic) bond motifs is 5. The number of allylic oxidation sites excluding steroid dienone is 1. The molecule has 0 aromatic carbocycles. The fourth-order valence-corrected chi connectivity index (χ4v) is 7.59. The van der Waals surface area contributed by atoms with Crippen molar-refractivity contribution in [1.82, 2.24) is 0 Å². The summed E-state index contributed by atoms with van der Waals surface area (Å²) in [4.78, 5) is 38.1. The standard InChI is InChI=1S/C23H30F2O4/c1-12-7-16-14-5-6-22(29,19(28)11-24)20(14,3)10-18(27)23(16,25)21(4)9-13(2)17(26)8-15(12)21/h8,12-14,16,29H,5-7,9-11H2,1-4H3/t12-,13?,14-,16-,20-,21-,22-,23-/m0/s1. The highest BCUT2D eigenvalue weighted by Crippen LogP contribution is 2.70. The zero-order valence-electron chi connectivity index (χ0n) is 17.6. The van der Waals surface area contributed by atoms with Crippen molar-refractivity contribution in [2.45, 2.75) is 71.1 Å². The minimum atomic E-state index is -2.14. The third-order valence-corrected chi connectivity index (χ3v) is 9.17. The van der Waals surface area contributed by atoms with Crippen LogP contribution in [0, 0.1) is 34.5 Å². The van der Waals surface area contributed by atoms with Crippen LogP contribution in [0.2, 0.25) is 0 Å². The number of ketones is 3. The van der Waals surface area contributed by atoms with Gasteiger partial charge in [0.15, 0.2) is 29.7 Å². The average molecular weight is 408 g/mol. The summed E-state index contributed by atoms with van der Waals surface area (Å²) in [6.45, 7) is 5.85. The molecule has 4 rings (SSSR count). The van der Waals surface area contributed by atoms with Crippen molar-refractivity contribution in [2.75, 3.05) is 6.67 Å². The molecular weight excluding hydrogens is 378 g/mol. The highest BCUT2D eigenvalue weighted by Gasteiger charge is 2.75. The van der Waals surface area contributed by atoms with Gasteiger partial charge in [-0.3, -0.25) is 14.4 Å². The Morgan fingerprint density at radius 2 is 1.86 bits per heavy atom. The number of alkyl halides is 2. The molecule has 6 heteroatoms. The minimum Gasteiger partial charge on any atom is -0.381 e. The Morgan fingerprint density at radius 3 is 2.48 bits per heavy atom. The van der Waals surface area contributed by atoms with E-state index in [4.69, 9.17) is 0 Å². The normalized spacial score (nSPS) is 51.8. The molecule has 0 heterocycles. The van der Waals surface area contributed by atoms with E-state index in [1.807, 2.05) is 6.92 Å². The van der Waals surface area contributed by atoms with E-state index in [1.165, 1.54) is 0 Å². The SMILES string of the molecule is CC1C[C@@]2(C)C(=CC1=O)[C@@H](C)C[C@H]1[C@@H]3CC[C@](O)(C(=O)CF)[C@@]3(C)CC(=O)[C@@]12F. The average Bonchev–Trinajstić information content (AvgIpc) is 2.91. The molecule has 0 aromatic heterocycles. The Kier molecular flexibility index (Phi) is 4.35. The molecule has 0 radical (unpaired) electrons. The van der Waals surface area contributed by atoms with Crippen molar-refractivity contribution in [3.8, 4) is 0 Å². The van der Waals surface area contributed by atoms with E-state index in [0.717, 1.165) is 0 Å². The smallest absolute Gasteiger partial charge is 0.195 e. The molecule has 4 aliphatic carbocycles. The van der Waals surface area contributed by atoms with Gasteiger partial charge in [0.25, 0.3) is 0 Å². The molecule has 160 valence electrons. The molecule has 0 saturated heterocycles. The fourth-order valence-electron chi connectivity index (χ4n) is 7.59. The van der Waals surface area contributed by atoms with E-state index in [-0.39, 0.29) is 42.8 Å². The number of aliphatic hydroxyl groups is 1. The highest BCUT2D eigenvalue weighted by molar-refractivity contribution is 5.98. The van der Waals surface area contributed by atoms with Gasteiger partial charge in [-0.25, -0.2) is 8.78 Å². The Balaban J connectivity index is 1.85. The van der Waals surface area contributed by atoms with Gasteiger partial charge in [0.05, 0.1) is 0 Å². The fraction of sp³-hybridized carbons (Fsp3) is 0.783. The summed E-state index contributed by atoms with van der Waals surface area (Å²) in [5, 5.41) is 11.1. The third-order valence-electron chi connectivity index (χ3n) is 9.17. The Hall–Kier alpha value is -1.43. The number of hydrogen-bond acceptors (Lipinski definition) is 4. The van der Waals surface area contributed by atoms with Crippen molar-refractivity contribution in [1.29, 1.82) is 0 Å². The van der Waals surface area contributed by atoms with E-state index in [0.29, 0.717) is 18.4 Å². The molecule has 0 aromatic rings. The van der Waals surface area contributed by atoms with Crippen molar-refractivity contribution in [2.24, 2.45) is 34.5 Å². The van der Waals surface area contributed by atoms with Crippen LogP contribution in [-0.4, -0.2) is 40.4 Å². The summed E-state index contributed by atoms with van der Waals surface area (Å²) < 4.78 is 30.2. The Bertz CT molecular complexity index is 837. The highest BCUT2D eigenvalue weighted by atomic mass is 19.1. The van der Waals surface area contributed by atoms with E-state index < -0.39 is 46.3 Å². The number of hydrogen-bond donors (Lipinski definition) is 1. The lowest BCUT2D eigenvalue weighted by Gasteiger charge is -2.62. The van der Waals surface area contributed by atoms with Gasteiger partial charge in [0.1, 0.15) is 5.60 Å². The maximum Gasteiger partial charge on any atom is 0.195 e. The van der Waals surface area contributed by atoms with Crippen molar-refractivity contribution < 1.29 is 28.3 Å². The first kappa shape index (κ1) is 20.8. The summed E-state index contributed by atoms with van der Waals surface area (Å²) >= 11 is 0. The molecule has 4 nitrogen and oxygen atoms in total. The Labute approximate surface area is 170 Å². The summed E-state index contributed by atoms with van der Waals surface area (Å²) in [6, 6.07) is 0. The van der Waals surface area contributed by atoms with E-state index in [1.54, 1.807) is 26.8 Å². The molecule has 0 spiro atoms. The van der Waals surface area contributed by atoms with Crippen molar-refractivity contribution in [3.05, 3.63) is 11.6 Å².